The number of nitrogens with one attached hydrogen (secondary N) is 1. The van der Waals surface area contributed by atoms with Gasteiger partial charge in [-0.2, -0.15) is 9.78 Å². The predicted octanol–water partition coefficient (Wildman–Crippen LogP) is 1.30. The van der Waals surface area contributed by atoms with Crippen LogP contribution in [0.5, 0.6) is 5.75 Å². The molecular weight excluding hydrogens is 350 g/mol. The number of esters is 1. The fourth-order valence-electron chi connectivity index (χ4n) is 2.58. The minimum absolute atomic E-state index is 0.0249. The van der Waals surface area contributed by atoms with Crippen LogP contribution in [0.15, 0.2) is 53.3 Å². The lowest BCUT2D eigenvalue weighted by Crippen LogP contribution is -2.33. The number of ether oxygens (including phenoxy) is 2. The first-order valence-corrected chi connectivity index (χ1v) is 8.06. The van der Waals surface area contributed by atoms with Crippen molar-refractivity contribution in [2.24, 2.45) is 0 Å². The van der Waals surface area contributed by atoms with Crippen LogP contribution >= 0.6 is 0 Å². The fraction of sp³-hybridized carbons (Fsp3) is 0.158. The van der Waals surface area contributed by atoms with Gasteiger partial charge in [-0.05, 0) is 18.2 Å². The molecular formula is C19H17N3O5. The van der Waals surface area contributed by atoms with E-state index >= 15 is 0 Å². The van der Waals surface area contributed by atoms with Gasteiger partial charge in [0.2, 0.25) is 0 Å². The summed E-state index contributed by atoms with van der Waals surface area (Å²) >= 11 is 0. The molecule has 1 aromatic heterocycles. The molecule has 0 aliphatic carbocycles. The highest BCUT2D eigenvalue weighted by molar-refractivity contribution is 6.05. The van der Waals surface area contributed by atoms with Crippen LogP contribution in [0.25, 0.3) is 16.5 Å². The van der Waals surface area contributed by atoms with Gasteiger partial charge in [-0.25, -0.2) is 0 Å². The fourth-order valence-corrected chi connectivity index (χ4v) is 2.58. The third-order valence-electron chi connectivity index (χ3n) is 3.94. The van der Waals surface area contributed by atoms with Gasteiger partial charge < -0.3 is 14.8 Å². The minimum Gasteiger partial charge on any atom is -0.497 e. The Morgan fingerprint density at radius 3 is 2.52 bits per heavy atom. The van der Waals surface area contributed by atoms with E-state index < -0.39 is 11.9 Å². The third-order valence-corrected chi connectivity index (χ3v) is 3.94. The Morgan fingerprint density at radius 1 is 1.07 bits per heavy atom. The van der Waals surface area contributed by atoms with Gasteiger partial charge in [-0.15, -0.1) is 0 Å². The zero-order valence-electron chi connectivity index (χ0n) is 14.8. The molecule has 138 valence electrons. The zero-order chi connectivity index (χ0) is 19.4. The first-order valence-electron chi connectivity index (χ1n) is 8.06. The van der Waals surface area contributed by atoms with Crippen LogP contribution in [-0.4, -0.2) is 42.4 Å². The molecule has 0 saturated heterocycles. The van der Waals surface area contributed by atoms with E-state index in [1.54, 1.807) is 48.5 Å². The Balaban J connectivity index is 2.15. The number of amides is 1. The van der Waals surface area contributed by atoms with Gasteiger partial charge in [0, 0.05) is 11.5 Å². The van der Waals surface area contributed by atoms with Gasteiger partial charge in [-0.3, -0.25) is 14.4 Å². The largest absolute Gasteiger partial charge is 0.497 e. The molecule has 0 fully saturated rings. The predicted molar refractivity (Wildman–Crippen MR) is 98.2 cm³/mol. The zero-order valence-corrected chi connectivity index (χ0v) is 14.8. The molecule has 3 aromatic rings. The molecule has 0 bridgehead atoms. The van der Waals surface area contributed by atoms with Crippen LogP contribution in [0.1, 0.15) is 10.5 Å². The maximum absolute atomic E-state index is 12.9. The molecule has 0 unspecified atom stereocenters. The number of hydrogen-bond donors (Lipinski definition) is 1. The molecule has 27 heavy (non-hydrogen) atoms. The average Bonchev–Trinajstić information content (AvgIpc) is 2.72. The van der Waals surface area contributed by atoms with E-state index in [1.807, 2.05) is 0 Å². The number of carbonyl (C=O) groups is 2. The second-order valence-electron chi connectivity index (χ2n) is 5.57. The number of benzene rings is 2. The van der Waals surface area contributed by atoms with Crippen LogP contribution in [0.4, 0.5) is 0 Å². The van der Waals surface area contributed by atoms with Gasteiger partial charge in [0.25, 0.3) is 11.5 Å². The van der Waals surface area contributed by atoms with Crippen molar-refractivity contribution in [2.45, 2.75) is 0 Å². The van der Waals surface area contributed by atoms with E-state index in [9.17, 15) is 14.4 Å². The van der Waals surface area contributed by atoms with Gasteiger partial charge in [0.15, 0.2) is 5.69 Å². The maximum atomic E-state index is 12.9. The van der Waals surface area contributed by atoms with E-state index in [-0.39, 0.29) is 17.8 Å². The minimum atomic E-state index is -0.590. The van der Waals surface area contributed by atoms with Crippen molar-refractivity contribution < 1.29 is 19.1 Å². The number of carbonyl (C=O) groups excluding carboxylic acids is 2. The second kappa shape index (κ2) is 7.69. The highest BCUT2D eigenvalue weighted by Crippen LogP contribution is 2.18. The van der Waals surface area contributed by atoms with Crippen LogP contribution in [0.3, 0.4) is 0 Å². The summed E-state index contributed by atoms with van der Waals surface area (Å²) in [5, 5.41) is 7.41. The summed E-state index contributed by atoms with van der Waals surface area (Å²) in [6, 6.07) is 13.4. The first-order chi connectivity index (χ1) is 13.0. The van der Waals surface area contributed by atoms with E-state index in [1.165, 1.54) is 14.2 Å². The van der Waals surface area contributed by atoms with Crippen molar-refractivity contribution in [1.29, 1.82) is 0 Å². The molecule has 8 nitrogen and oxygen atoms in total. The monoisotopic (exact) mass is 367 g/mol. The summed E-state index contributed by atoms with van der Waals surface area (Å²) in [4.78, 5) is 36.7. The lowest BCUT2D eigenvalue weighted by Gasteiger charge is -2.11. The van der Waals surface area contributed by atoms with Crippen LogP contribution in [-0.2, 0) is 9.53 Å². The molecule has 0 saturated carbocycles. The summed E-state index contributed by atoms with van der Waals surface area (Å²) in [6.07, 6.45) is 0. The standard InChI is InChI=1S/C19H17N3O5/c1-26-13-7-5-6-12(10-13)22-19(25)15-9-4-3-8-14(15)17(21-22)18(24)20-11-16(23)27-2/h3-10H,11H2,1-2H3,(H,20,24). The Hall–Kier alpha value is -3.68. The van der Waals surface area contributed by atoms with Gasteiger partial charge in [0.1, 0.15) is 12.3 Å². The van der Waals surface area contributed by atoms with Crippen molar-refractivity contribution in [2.75, 3.05) is 20.8 Å². The quantitative estimate of drug-likeness (QED) is 0.683. The number of methoxy groups -OCH3 is 2. The van der Waals surface area contributed by atoms with Crippen molar-refractivity contribution in [3.63, 3.8) is 0 Å². The molecule has 0 aliphatic rings. The van der Waals surface area contributed by atoms with Gasteiger partial charge in [0.05, 0.1) is 25.3 Å². The molecule has 1 heterocycles. The highest BCUT2D eigenvalue weighted by Gasteiger charge is 2.18. The lowest BCUT2D eigenvalue weighted by molar-refractivity contribution is -0.139. The van der Waals surface area contributed by atoms with E-state index in [4.69, 9.17) is 4.74 Å². The van der Waals surface area contributed by atoms with Crippen molar-refractivity contribution >= 4 is 22.6 Å². The maximum Gasteiger partial charge on any atom is 0.325 e. The molecule has 0 spiro atoms. The highest BCUT2D eigenvalue weighted by atomic mass is 16.5. The van der Waals surface area contributed by atoms with Crippen molar-refractivity contribution in [1.82, 2.24) is 15.1 Å². The van der Waals surface area contributed by atoms with Crippen molar-refractivity contribution in [3.05, 3.63) is 64.6 Å². The summed E-state index contributed by atoms with van der Waals surface area (Å²) in [6.45, 7) is -0.302. The van der Waals surface area contributed by atoms with E-state index in [0.29, 0.717) is 22.2 Å². The van der Waals surface area contributed by atoms with Gasteiger partial charge in [-0.1, -0.05) is 24.3 Å². The lowest BCUT2D eigenvalue weighted by atomic mass is 10.1. The Kier molecular flexibility index (Phi) is 5.16. The molecule has 0 atom stereocenters. The van der Waals surface area contributed by atoms with E-state index in [0.717, 1.165) is 4.68 Å². The molecule has 8 heteroatoms. The van der Waals surface area contributed by atoms with Gasteiger partial charge >= 0.3 is 5.97 Å². The average molecular weight is 367 g/mol. The SMILES string of the molecule is COC(=O)CNC(=O)c1nn(-c2cccc(OC)c2)c(=O)c2ccccc12. The molecule has 1 N–H and O–H groups in total. The number of aromatic nitrogens is 2. The molecule has 0 aliphatic heterocycles. The number of hydrogen-bond acceptors (Lipinski definition) is 6. The molecule has 1 amide bonds. The first kappa shape index (κ1) is 18.1. The smallest absolute Gasteiger partial charge is 0.325 e. The summed E-state index contributed by atoms with van der Waals surface area (Å²) in [5.74, 6) is -0.631. The summed E-state index contributed by atoms with van der Waals surface area (Å²) in [7, 11) is 2.74. The van der Waals surface area contributed by atoms with Crippen LogP contribution < -0.4 is 15.6 Å². The van der Waals surface area contributed by atoms with E-state index in [2.05, 4.69) is 15.2 Å². The van der Waals surface area contributed by atoms with Crippen molar-refractivity contribution in [3.8, 4) is 11.4 Å². The third kappa shape index (κ3) is 3.64. The number of fused-ring (bicyclic) bond motifs is 1. The topological polar surface area (TPSA) is 99.5 Å². The number of nitrogens with zero attached hydrogens (tertiary/aromatic N) is 2. The molecule has 3 rings (SSSR count). The number of rotatable bonds is 5. The Bertz CT molecular complexity index is 1070. The molecule has 0 radical (unpaired) electrons. The summed E-state index contributed by atoms with van der Waals surface area (Å²) < 4.78 is 10.8. The Morgan fingerprint density at radius 2 is 1.81 bits per heavy atom. The normalized spacial score (nSPS) is 10.4. The van der Waals surface area contributed by atoms with Crippen LogP contribution in [0.2, 0.25) is 0 Å². The second-order valence-corrected chi connectivity index (χ2v) is 5.57. The Labute approximate surface area is 154 Å². The van der Waals surface area contributed by atoms with Crippen LogP contribution in [0, 0.1) is 0 Å². The molecule has 2 aromatic carbocycles. The summed E-state index contributed by atoms with van der Waals surface area (Å²) in [5.41, 5.74) is 0.104.